The fourth-order valence-electron chi connectivity index (χ4n) is 3.59. The van der Waals surface area contributed by atoms with Gasteiger partial charge in [0.2, 0.25) is 5.91 Å². The smallest absolute Gasteiger partial charge is 0.257 e. The Morgan fingerprint density at radius 3 is 2.71 bits per heavy atom. The molecule has 0 radical (unpaired) electrons. The summed E-state index contributed by atoms with van der Waals surface area (Å²) in [4.78, 5) is 28.7. The van der Waals surface area contributed by atoms with Crippen LogP contribution in [0.2, 0.25) is 0 Å². The average Bonchev–Trinajstić information content (AvgIpc) is 2.95. The third-order valence-electron chi connectivity index (χ3n) is 5.15. The van der Waals surface area contributed by atoms with Crippen molar-refractivity contribution in [3.8, 4) is 5.75 Å². The van der Waals surface area contributed by atoms with Crippen molar-refractivity contribution in [3.05, 3.63) is 29.6 Å². The lowest BCUT2D eigenvalue weighted by Crippen LogP contribution is -2.44. The molecule has 0 saturated carbocycles. The Labute approximate surface area is 141 Å². The minimum absolute atomic E-state index is 0.00178. The molecule has 1 aromatic carbocycles. The number of rotatable bonds is 3. The number of halogens is 1. The molecule has 0 aromatic heterocycles. The maximum atomic E-state index is 13.5. The molecule has 1 saturated heterocycles. The van der Waals surface area contributed by atoms with Crippen LogP contribution >= 0.6 is 0 Å². The fraction of sp³-hybridized carbons (Fsp3) is 0.556. The second-order valence-electron chi connectivity index (χ2n) is 6.54. The topological polar surface area (TPSA) is 49.9 Å². The molecule has 0 unspecified atom stereocenters. The maximum absolute atomic E-state index is 13.5. The molecule has 2 amide bonds. The summed E-state index contributed by atoms with van der Waals surface area (Å²) in [7, 11) is 1.72. The number of fused-ring (bicyclic) bond motifs is 2. The van der Waals surface area contributed by atoms with Crippen LogP contribution in [-0.2, 0) is 4.79 Å². The number of ether oxygens (including phenoxy) is 1. The highest BCUT2D eigenvalue weighted by Crippen LogP contribution is 2.32. The Balaban J connectivity index is 1.86. The molecule has 6 heteroatoms. The van der Waals surface area contributed by atoms with E-state index in [0.717, 1.165) is 12.8 Å². The number of likely N-dealkylation sites (N-methyl/N-ethyl adjacent to an activating group) is 1. The molecule has 2 atom stereocenters. The van der Waals surface area contributed by atoms with E-state index in [1.54, 1.807) is 16.8 Å². The second-order valence-corrected chi connectivity index (χ2v) is 6.54. The maximum Gasteiger partial charge on any atom is 0.257 e. The lowest BCUT2D eigenvalue weighted by Gasteiger charge is -2.25. The molecule has 3 rings (SSSR count). The number of benzene rings is 1. The van der Waals surface area contributed by atoms with E-state index in [1.807, 2.05) is 13.8 Å². The molecule has 2 aliphatic rings. The van der Waals surface area contributed by atoms with Crippen molar-refractivity contribution in [1.82, 2.24) is 9.80 Å². The monoisotopic (exact) mass is 334 g/mol. The minimum Gasteiger partial charge on any atom is -0.485 e. The minimum atomic E-state index is -0.439. The zero-order valence-electron chi connectivity index (χ0n) is 14.3. The van der Waals surface area contributed by atoms with Crippen LogP contribution in [0.3, 0.4) is 0 Å². The van der Waals surface area contributed by atoms with Crippen LogP contribution in [0.25, 0.3) is 0 Å². The third-order valence-corrected chi connectivity index (χ3v) is 5.15. The summed E-state index contributed by atoms with van der Waals surface area (Å²) < 4.78 is 19.5. The van der Waals surface area contributed by atoms with Crippen molar-refractivity contribution in [1.29, 1.82) is 0 Å². The number of carbonyl (C=O) groups excluding carboxylic acids is 2. The molecule has 2 heterocycles. The standard InChI is InChI=1S/C18H23FN2O3/c1-4-11(5-2)17(22)21-9-14-16(10-21)24-15-8-12(19)6-7-13(15)18(23)20(14)3/h6-8,11,14,16H,4-5,9-10H2,1-3H3/t14-,16+/m1/s1. The number of nitrogens with zero attached hydrogens (tertiary/aromatic N) is 2. The SMILES string of the molecule is CCC(CC)C(=O)N1C[C@@H]2Oc3cc(F)ccc3C(=O)N(C)[C@@H]2C1. The van der Waals surface area contributed by atoms with Crippen LogP contribution in [-0.4, -0.2) is 53.9 Å². The van der Waals surface area contributed by atoms with Gasteiger partial charge in [-0.05, 0) is 25.0 Å². The highest BCUT2D eigenvalue weighted by Gasteiger charge is 2.44. The summed E-state index contributed by atoms with van der Waals surface area (Å²) in [5.74, 6) is -0.272. The largest absolute Gasteiger partial charge is 0.485 e. The fourth-order valence-corrected chi connectivity index (χ4v) is 3.59. The van der Waals surface area contributed by atoms with Gasteiger partial charge in [-0.1, -0.05) is 13.8 Å². The van der Waals surface area contributed by atoms with Crippen molar-refractivity contribution < 1.29 is 18.7 Å². The van der Waals surface area contributed by atoms with E-state index in [-0.39, 0.29) is 35.6 Å². The number of likely N-dealkylation sites (tertiary alicyclic amines) is 1. The van der Waals surface area contributed by atoms with E-state index in [2.05, 4.69) is 0 Å². The Morgan fingerprint density at radius 1 is 1.33 bits per heavy atom. The molecular formula is C18H23FN2O3. The van der Waals surface area contributed by atoms with E-state index < -0.39 is 5.82 Å². The number of carbonyl (C=O) groups is 2. The van der Waals surface area contributed by atoms with Gasteiger partial charge in [0, 0.05) is 25.6 Å². The predicted molar refractivity (Wildman–Crippen MR) is 87.3 cm³/mol. The van der Waals surface area contributed by atoms with Crippen LogP contribution in [0.1, 0.15) is 37.0 Å². The highest BCUT2D eigenvalue weighted by molar-refractivity contribution is 5.97. The lowest BCUT2D eigenvalue weighted by molar-refractivity contribution is -0.135. The molecule has 130 valence electrons. The Hall–Kier alpha value is -2.11. The quantitative estimate of drug-likeness (QED) is 0.852. The van der Waals surface area contributed by atoms with Crippen LogP contribution in [0.5, 0.6) is 5.75 Å². The first-order chi connectivity index (χ1) is 11.5. The highest BCUT2D eigenvalue weighted by atomic mass is 19.1. The number of amides is 2. The Morgan fingerprint density at radius 2 is 2.04 bits per heavy atom. The molecule has 24 heavy (non-hydrogen) atoms. The summed E-state index contributed by atoms with van der Waals surface area (Å²) >= 11 is 0. The van der Waals surface area contributed by atoms with Gasteiger partial charge in [-0.3, -0.25) is 9.59 Å². The van der Waals surface area contributed by atoms with Crippen molar-refractivity contribution in [2.24, 2.45) is 5.92 Å². The lowest BCUT2D eigenvalue weighted by atomic mass is 10.0. The second kappa shape index (κ2) is 6.42. The van der Waals surface area contributed by atoms with E-state index in [0.29, 0.717) is 18.7 Å². The van der Waals surface area contributed by atoms with Gasteiger partial charge in [-0.25, -0.2) is 4.39 Å². The van der Waals surface area contributed by atoms with Crippen molar-refractivity contribution in [2.75, 3.05) is 20.1 Å². The van der Waals surface area contributed by atoms with Gasteiger partial charge in [0.15, 0.2) is 0 Å². The van der Waals surface area contributed by atoms with Crippen LogP contribution in [0.15, 0.2) is 18.2 Å². The van der Waals surface area contributed by atoms with Gasteiger partial charge in [0.25, 0.3) is 5.91 Å². The van der Waals surface area contributed by atoms with Crippen molar-refractivity contribution >= 4 is 11.8 Å². The normalized spacial score (nSPS) is 23.0. The van der Waals surface area contributed by atoms with Gasteiger partial charge in [-0.15, -0.1) is 0 Å². The van der Waals surface area contributed by atoms with E-state index >= 15 is 0 Å². The molecule has 1 aromatic rings. The first-order valence-electron chi connectivity index (χ1n) is 8.48. The summed E-state index contributed by atoms with van der Waals surface area (Å²) in [6.07, 6.45) is 1.26. The first-order valence-corrected chi connectivity index (χ1v) is 8.48. The van der Waals surface area contributed by atoms with Crippen LogP contribution in [0, 0.1) is 11.7 Å². The molecule has 1 fully saturated rings. The van der Waals surface area contributed by atoms with Gasteiger partial charge in [0.05, 0.1) is 18.2 Å². The van der Waals surface area contributed by atoms with Gasteiger partial charge >= 0.3 is 0 Å². The predicted octanol–water partition coefficient (Wildman–Crippen LogP) is 2.31. The van der Waals surface area contributed by atoms with Gasteiger partial charge in [-0.2, -0.15) is 0 Å². The molecule has 0 aliphatic carbocycles. The van der Waals surface area contributed by atoms with E-state index in [9.17, 15) is 14.0 Å². The summed E-state index contributed by atoms with van der Waals surface area (Å²) in [5, 5.41) is 0. The number of hydrogen-bond acceptors (Lipinski definition) is 3. The van der Waals surface area contributed by atoms with Gasteiger partial charge < -0.3 is 14.5 Å². The molecule has 0 bridgehead atoms. The molecule has 0 N–H and O–H groups in total. The molecular weight excluding hydrogens is 311 g/mol. The Bertz CT molecular complexity index is 660. The summed E-state index contributed by atoms with van der Waals surface area (Å²) in [6, 6.07) is 3.75. The molecule has 5 nitrogen and oxygen atoms in total. The van der Waals surface area contributed by atoms with Crippen molar-refractivity contribution in [3.63, 3.8) is 0 Å². The van der Waals surface area contributed by atoms with Gasteiger partial charge in [0.1, 0.15) is 17.7 Å². The summed E-state index contributed by atoms with van der Waals surface area (Å²) in [5.41, 5.74) is 0.367. The van der Waals surface area contributed by atoms with Crippen molar-refractivity contribution in [2.45, 2.75) is 38.8 Å². The third kappa shape index (κ3) is 2.74. The molecule has 2 aliphatic heterocycles. The van der Waals surface area contributed by atoms with Crippen LogP contribution in [0.4, 0.5) is 4.39 Å². The zero-order valence-corrected chi connectivity index (χ0v) is 14.3. The molecule has 0 spiro atoms. The first kappa shape index (κ1) is 16.7. The van der Waals surface area contributed by atoms with E-state index in [4.69, 9.17) is 4.74 Å². The average molecular weight is 334 g/mol. The number of hydrogen-bond donors (Lipinski definition) is 0. The summed E-state index contributed by atoms with van der Waals surface area (Å²) in [6.45, 7) is 4.89. The van der Waals surface area contributed by atoms with Crippen LogP contribution < -0.4 is 4.74 Å². The van der Waals surface area contributed by atoms with E-state index in [1.165, 1.54) is 18.2 Å². The zero-order chi connectivity index (χ0) is 17.4. The Kier molecular flexibility index (Phi) is 4.47.